The number of methoxy groups -OCH3 is 1. The number of nitrogens with zero attached hydrogens (tertiary/aromatic N) is 1. The lowest BCUT2D eigenvalue weighted by Crippen LogP contribution is -2.01. The van der Waals surface area contributed by atoms with Gasteiger partial charge in [-0.05, 0) is 18.1 Å². The highest BCUT2D eigenvalue weighted by Crippen LogP contribution is 2.24. The SMILES string of the molecule is COc1ccc(CO)nc1C(C)C. The van der Waals surface area contributed by atoms with Crippen molar-refractivity contribution in [2.24, 2.45) is 0 Å². The Morgan fingerprint density at radius 1 is 1.46 bits per heavy atom. The smallest absolute Gasteiger partial charge is 0.140 e. The standard InChI is InChI=1S/C10H15NO2/c1-7(2)10-9(13-3)5-4-8(6-12)11-10/h4-5,7,12H,6H2,1-3H3. The summed E-state index contributed by atoms with van der Waals surface area (Å²) in [6.07, 6.45) is 0. The third-order valence-electron chi connectivity index (χ3n) is 1.87. The fraction of sp³-hybridized carbons (Fsp3) is 0.500. The highest BCUT2D eigenvalue weighted by molar-refractivity contribution is 5.31. The monoisotopic (exact) mass is 181 g/mol. The molecule has 72 valence electrons. The molecular weight excluding hydrogens is 166 g/mol. The van der Waals surface area contributed by atoms with Crippen LogP contribution in [0.3, 0.4) is 0 Å². The van der Waals surface area contributed by atoms with Crippen LogP contribution in [0, 0.1) is 0 Å². The van der Waals surface area contributed by atoms with E-state index in [1.807, 2.05) is 19.9 Å². The van der Waals surface area contributed by atoms with Gasteiger partial charge in [-0.2, -0.15) is 0 Å². The van der Waals surface area contributed by atoms with Crippen LogP contribution < -0.4 is 4.74 Å². The summed E-state index contributed by atoms with van der Waals surface area (Å²) in [5.74, 6) is 1.09. The Kier molecular flexibility index (Phi) is 3.25. The van der Waals surface area contributed by atoms with Crippen LogP contribution in [0.15, 0.2) is 12.1 Å². The number of hydrogen-bond donors (Lipinski definition) is 1. The first-order valence-electron chi connectivity index (χ1n) is 4.33. The van der Waals surface area contributed by atoms with Crippen molar-refractivity contribution in [3.05, 3.63) is 23.5 Å². The van der Waals surface area contributed by atoms with Gasteiger partial charge in [-0.1, -0.05) is 13.8 Å². The van der Waals surface area contributed by atoms with E-state index in [0.29, 0.717) is 11.6 Å². The fourth-order valence-electron chi connectivity index (χ4n) is 1.18. The van der Waals surface area contributed by atoms with E-state index in [0.717, 1.165) is 11.4 Å². The van der Waals surface area contributed by atoms with Crippen LogP contribution in [0.2, 0.25) is 0 Å². The highest BCUT2D eigenvalue weighted by Gasteiger charge is 2.09. The van der Waals surface area contributed by atoms with Gasteiger partial charge in [0, 0.05) is 0 Å². The third-order valence-corrected chi connectivity index (χ3v) is 1.87. The molecule has 0 saturated carbocycles. The van der Waals surface area contributed by atoms with Crippen molar-refractivity contribution < 1.29 is 9.84 Å². The minimum Gasteiger partial charge on any atom is -0.495 e. The number of pyridine rings is 1. The molecule has 0 aliphatic heterocycles. The lowest BCUT2D eigenvalue weighted by molar-refractivity contribution is 0.275. The van der Waals surface area contributed by atoms with Gasteiger partial charge in [0.25, 0.3) is 0 Å². The van der Waals surface area contributed by atoms with E-state index in [1.54, 1.807) is 13.2 Å². The van der Waals surface area contributed by atoms with Gasteiger partial charge < -0.3 is 9.84 Å². The van der Waals surface area contributed by atoms with Gasteiger partial charge in [0.05, 0.1) is 25.1 Å². The van der Waals surface area contributed by atoms with Crippen LogP contribution >= 0.6 is 0 Å². The van der Waals surface area contributed by atoms with E-state index in [2.05, 4.69) is 4.98 Å². The van der Waals surface area contributed by atoms with E-state index in [4.69, 9.17) is 9.84 Å². The summed E-state index contributed by atoms with van der Waals surface area (Å²) in [5, 5.41) is 8.90. The van der Waals surface area contributed by atoms with Gasteiger partial charge in [-0.3, -0.25) is 4.98 Å². The predicted molar refractivity (Wildman–Crippen MR) is 50.8 cm³/mol. The topological polar surface area (TPSA) is 42.4 Å². The third kappa shape index (κ3) is 2.18. The van der Waals surface area contributed by atoms with Gasteiger partial charge in [0.1, 0.15) is 5.75 Å². The van der Waals surface area contributed by atoms with Crippen molar-refractivity contribution in [2.45, 2.75) is 26.4 Å². The Morgan fingerprint density at radius 3 is 2.62 bits per heavy atom. The number of aliphatic hydroxyl groups is 1. The molecule has 1 aromatic rings. The summed E-state index contributed by atoms with van der Waals surface area (Å²) in [6.45, 7) is 4.07. The average Bonchev–Trinajstić information content (AvgIpc) is 2.16. The molecule has 1 aromatic heterocycles. The number of aliphatic hydroxyl groups excluding tert-OH is 1. The molecule has 0 saturated heterocycles. The van der Waals surface area contributed by atoms with Crippen LogP contribution in [-0.4, -0.2) is 17.2 Å². The van der Waals surface area contributed by atoms with Crippen LogP contribution in [0.5, 0.6) is 5.75 Å². The number of rotatable bonds is 3. The van der Waals surface area contributed by atoms with Crippen LogP contribution in [0.4, 0.5) is 0 Å². The molecule has 13 heavy (non-hydrogen) atoms. The van der Waals surface area contributed by atoms with Crippen LogP contribution in [-0.2, 0) is 6.61 Å². The molecule has 0 aliphatic carbocycles. The molecule has 0 unspecified atom stereocenters. The second kappa shape index (κ2) is 4.23. The maximum atomic E-state index is 8.90. The Labute approximate surface area is 78.4 Å². The van der Waals surface area contributed by atoms with Gasteiger partial charge in [-0.25, -0.2) is 0 Å². The van der Waals surface area contributed by atoms with Crippen molar-refractivity contribution in [2.75, 3.05) is 7.11 Å². The Balaban J connectivity index is 3.10. The number of hydrogen-bond acceptors (Lipinski definition) is 3. The molecule has 0 aliphatic rings. The van der Waals surface area contributed by atoms with Crippen molar-refractivity contribution in [3.8, 4) is 5.75 Å². The van der Waals surface area contributed by atoms with E-state index in [1.165, 1.54) is 0 Å². The van der Waals surface area contributed by atoms with Crippen molar-refractivity contribution in [1.29, 1.82) is 0 Å². The van der Waals surface area contributed by atoms with E-state index in [9.17, 15) is 0 Å². The average molecular weight is 181 g/mol. The zero-order valence-corrected chi connectivity index (χ0v) is 8.24. The van der Waals surface area contributed by atoms with Gasteiger partial charge in [-0.15, -0.1) is 0 Å². The second-order valence-electron chi connectivity index (χ2n) is 3.20. The molecule has 0 spiro atoms. The first-order valence-corrected chi connectivity index (χ1v) is 4.33. The molecular formula is C10H15NO2. The van der Waals surface area contributed by atoms with Crippen LogP contribution in [0.1, 0.15) is 31.2 Å². The molecule has 0 radical (unpaired) electrons. The van der Waals surface area contributed by atoms with Crippen molar-refractivity contribution in [1.82, 2.24) is 4.98 Å². The largest absolute Gasteiger partial charge is 0.495 e. The quantitative estimate of drug-likeness (QED) is 0.771. The Bertz CT molecular complexity index is 284. The lowest BCUT2D eigenvalue weighted by Gasteiger charge is -2.11. The van der Waals surface area contributed by atoms with Gasteiger partial charge in [0.15, 0.2) is 0 Å². The van der Waals surface area contributed by atoms with E-state index in [-0.39, 0.29) is 6.61 Å². The Hall–Kier alpha value is -1.09. The van der Waals surface area contributed by atoms with Crippen molar-refractivity contribution >= 4 is 0 Å². The fourth-order valence-corrected chi connectivity index (χ4v) is 1.18. The molecule has 1 N–H and O–H groups in total. The molecule has 0 amide bonds. The maximum absolute atomic E-state index is 8.90. The molecule has 0 aromatic carbocycles. The van der Waals surface area contributed by atoms with Gasteiger partial charge >= 0.3 is 0 Å². The summed E-state index contributed by atoms with van der Waals surface area (Å²) < 4.78 is 5.16. The van der Waals surface area contributed by atoms with Crippen LogP contribution in [0.25, 0.3) is 0 Å². The zero-order valence-electron chi connectivity index (χ0n) is 8.24. The zero-order chi connectivity index (χ0) is 9.84. The molecule has 3 heteroatoms. The predicted octanol–water partition coefficient (Wildman–Crippen LogP) is 1.71. The van der Waals surface area contributed by atoms with Gasteiger partial charge in [0.2, 0.25) is 0 Å². The first kappa shape index (κ1) is 9.99. The van der Waals surface area contributed by atoms with E-state index >= 15 is 0 Å². The minimum absolute atomic E-state index is 0.0241. The second-order valence-corrected chi connectivity index (χ2v) is 3.20. The first-order chi connectivity index (χ1) is 6.19. The summed E-state index contributed by atoms with van der Waals surface area (Å²) in [4.78, 5) is 4.29. The van der Waals surface area contributed by atoms with E-state index < -0.39 is 0 Å². The molecule has 1 heterocycles. The lowest BCUT2D eigenvalue weighted by atomic mass is 10.1. The summed E-state index contributed by atoms with van der Waals surface area (Å²) >= 11 is 0. The maximum Gasteiger partial charge on any atom is 0.140 e. The number of aromatic nitrogens is 1. The summed E-state index contributed by atoms with van der Waals surface area (Å²) in [5.41, 5.74) is 1.58. The molecule has 0 bridgehead atoms. The highest BCUT2D eigenvalue weighted by atomic mass is 16.5. The molecule has 1 rings (SSSR count). The number of ether oxygens (including phenoxy) is 1. The molecule has 3 nitrogen and oxygen atoms in total. The normalized spacial score (nSPS) is 10.5. The summed E-state index contributed by atoms with van der Waals surface area (Å²) in [6, 6.07) is 3.61. The van der Waals surface area contributed by atoms with Crippen molar-refractivity contribution in [3.63, 3.8) is 0 Å². The molecule has 0 fully saturated rings. The molecule has 0 atom stereocenters. The minimum atomic E-state index is -0.0241. The summed E-state index contributed by atoms with van der Waals surface area (Å²) in [7, 11) is 1.63. The Morgan fingerprint density at radius 2 is 2.15 bits per heavy atom.